The highest BCUT2D eigenvalue weighted by Crippen LogP contribution is 2.21. The zero-order valence-electron chi connectivity index (χ0n) is 9.86. The average Bonchev–Trinajstić information content (AvgIpc) is 2.38. The minimum absolute atomic E-state index is 0.609. The molecule has 0 aliphatic rings. The van der Waals surface area contributed by atoms with E-state index in [-0.39, 0.29) is 0 Å². The Hall–Kier alpha value is -1.98. The minimum Gasteiger partial charge on any atom is -0.497 e. The minimum atomic E-state index is 0.609. The highest BCUT2D eigenvalue weighted by Gasteiger charge is 1.97. The molecule has 0 radical (unpaired) electrons. The number of ether oxygens (including phenoxy) is 1. The first kappa shape index (κ1) is 11.5. The van der Waals surface area contributed by atoms with E-state index in [1.165, 1.54) is 5.39 Å². The van der Waals surface area contributed by atoms with Crippen molar-refractivity contribution in [3.63, 3.8) is 0 Å². The summed E-state index contributed by atoms with van der Waals surface area (Å²) < 4.78 is 5.19. The molecule has 2 nitrogen and oxygen atoms in total. The third-order valence-corrected chi connectivity index (χ3v) is 2.55. The maximum Gasteiger partial charge on any atom is 0.119 e. The lowest BCUT2D eigenvalue weighted by Crippen LogP contribution is -1.95. The van der Waals surface area contributed by atoms with Gasteiger partial charge in [-0.1, -0.05) is 24.0 Å². The molecular weight excluding hydrogens is 210 g/mol. The summed E-state index contributed by atoms with van der Waals surface area (Å²) in [6, 6.07) is 12.2. The van der Waals surface area contributed by atoms with Crippen LogP contribution in [0.3, 0.4) is 0 Å². The number of benzene rings is 2. The van der Waals surface area contributed by atoms with Gasteiger partial charge in [0.15, 0.2) is 0 Å². The summed E-state index contributed by atoms with van der Waals surface area (Å²) >= 11 is 0. The molecule has 0 unspecified atom stereocenters. The maximum atomic E-state index is 5.40. The van der Waals surface area contributed by atoms with Gasteiger partial charge in [0.1, 0.15) is 5.75 Å². The molecule has 0 fully saturated rings. The standard InChI is InChI=1S/C15H15NO/c1-17-15-8-7-13-10-12(4-2-3-9-16)5-6-14(13)11-15/h5-8,10-11H,3,9,16H2,1H3. The molecule has 0 atom stereocenters. The van der Waals surface area contributed by atoms with E-state index in [0.29, 0.717) is 6.54 Å². The Bertz CT molecular complexity index is 578. The van der Waals surface area contributed by atoms with Gasteiger partial charge in [-0.3, -0.25) is 0 Å². The molecule has 0 aliphatic heterocycles. The zero-order valence-corrected chi connectivity index (χ0v) is 9.86. The topological polar surface area (TPSA) is 35.2 Å². The summed E-state index contributed by atoms with van der Waals surface area (Å²) in [6.45, 7) is 0.609. The van der Waals surface area contributed by atoms with E-state index >= 15 is 0 Å². The summed E-state index contributed by atoms with van der Waals surface area (Å²) in [5.74, 6) is 7.02. The van der Waals surface area contributed by atoms with E-state index in [2.05, 4.69) is 24.0 Å². The maximum absolute atomic E-state index is 5.40. The van der Waals surface area contributed by atoms with Gasteiger partial charge in [0, 0.05) is 18.5 Å². The van der Waals surface area contributed by atoms with Gasteiger partial charge >= 0.3 is 0 Å². The van der Waals surface area contributed by atoms with Gasteiger partial charge < -0.3 is 10.5 Å². The first-order chi connectivity index (χ1) is 8.33. The van der Waals surface area contributed by atoms with Crippen molar-refractivity contribution in [3.05, 3.63) is 42.0 Å². The summed E-state index contributed by atoms with van der Waals surface area (Å²) in [5.41, 5.74) is 6.42. The van der Waals surface area contributed by atoms with Crippen LogP contribution in [0.15, 0.2) is 36.4 Å². The number of nitrogens with two attached hydrogens (primary N) is 1. The van der Waals surface area contributed by atoms with Crippen molar-refractivity contribution in [3.8, 4) is 17.6 Å². The van der Waals surface area contributed by atoms with E-state index < -0.39 is 0 Å². The third-order valence-electron chi connectivity index (χ3n) is 2.55. The Morgan fingerprint density at radius 3 is 2.65 bits per heavy atom. The second kappa shape index (κ2) is 5.38. The van der Waals surface area contributed by atoms with E-state index in [1.807, 2.05) is 24.3 Å². The molecule has 0 amide bonds. The SMILES string of the molecule is COc1ccc2cc(C#CCCN)ccc2c1. The van der Waals surface area contributed by atoms with Crippen molar-refractivity contribution in [2.75, 3.05) is 13.7 Å². The Balaban J connectivity index is 2.36. The molecule has 0 aliphatic carbocycles. The van der Waals surface area contributed by atoms with E-state index in [4.69, 9.17) is 10.5 Å². The molecule has 2 aromatic carbocycles. The van der Waals surface area contributed by atoms with Crippen LogP contribution in [0.2, 0.25) is 0 Å². The summed E-state index contributed by atoms with van der Waals surface area (Å²) in [7, 11) is 1.67. The highest BCUT2D eigenvalue weighted by molar-refractivity contribution is 5.85. The number of methoxy groups -OCH3 is 1. The summed E-state index contributed by atoms with van der Waals surface area (Å²) in [6.07, 6.45) is 0.737. The molecule has 0 saturated carbocycles. The van der Waals surface area contributed by atoms with Crippen molar-refractivity contribution < 1.29 is 4.74 Å². The number of hydrogen-bond donors (Lipinski definition) is 1. The largest absolute Gasteiger partial charge is 0.497 e. The average molecular weight is 225 g/mol. The quantitative estimate of drug-likeness (QED) is 0.797. The van der Waals surface area contributed by atoms with Crippen molar-refractivity contribution in [1.29, 1.82) is 0 Å². The Kier molecular flexibility index (Phi) is 3.64. The number of rotatable bonds is 2. The molecule has 2 rings (SSSR count). The van der Waals surface area contributed by atoms with Gasteiger partial charge in [0.25, 0.3) is 0 Å². The van der Waals surface area contributed by atoms with Crippen molar-refractivity contribution in [2.45, 2.75) is 6.42 Å². The van der Waals surface area contributed by atoms with Crippen LogP contribution in [0.1, 0.15) is 12.0 Å². The van der Waals surface area contributed by atoms with Crippen molar-refractivity contribution in [2.24, 2.45) is 5.73 Å². The van der Waals surface area contributed by atoms with Crippen LogP contribution >= 0.6 is 0 Å². The number of hydrogen-bond acceptors (Lipinski definition) is 2. The zero-order chi connectivity index (χ0) is 12.1. The number of fused-ring (bicyclic) bond motifs is 1. The fourth-order valence-electron chi connectivity index (χ4n) is 1.67. The van der Waals surface area contributed by atoms with Crippen LogP contribution in [0.4, 0.5) is 0 Å². The Morgan fingerprint density at radius 2 is 1.88 bits per heavy atom. The predicted molar refractivity (Wildman–Crippen MR) is 71.0 cm³/mol. The van der Waals surface area contributed by atoms with Crippen molar-refractivity contribution >= 4 is 10.8 Å². The lowest BCUT2D eigenvalue weighted by Gasteiger charge is -2.02. The second-order valence-corrected chi connectivity index (χ2v) is 3.77. The molecule has 2 N–H and O–H groups in total. The smallest absolute Gasteiger partial charge is 0.119 e. The summed E-state index contributed by atoms with van der Waals surface area (Å²) in [4.78, 5) is 0. The first-order valence-corrected chi connectivity index (χ1v) is 5.60. The van der Waals surface area contributed by atoms with Gasteiger partial charge in [-0.15, -0.1) is 0 Å². The molecule has 2 heteroatoms. The fraction of sp³-hybridized carbons (Fsp3) is 0.200. The molecule has 17 heavy (non-hydrogen) atoms. The van der Waals surface area contributed by atoms with Crippen LogP contribution < -0.4 is 10.5 Å². The normalized spacial score (nSPS) is 9.76. The fourth-order valence-corrected chi connectivity index (χ4v) is 1.67. The molecular formula is C15H15NO. The monoisotopic (exact) mass is 225 g/mol. The lowest BCUT2D eigenvalue weighted by molar-refractivity contribution is 0.415. The molecule has 86 valence electrons. The van der Waals surface area contributed by atoms with Crippen LogP contribution in [0.5, 0.6) is 5.75 Å². The van der Waals surface area contributed by atoms with Gasteiger partial charge in [0.2, 0.25) is 0 Å². The molecule has 2 aromatic rings. The third kappa shape index (κ3) is 2.77. The van der Waals surface area contributed by atoms with Crippen LogP contribution in [0.25, 0.3) is 10.8 Å². The van der Waals surface area contributed by atoms with E-state index in [1.54, 1.807) is 7.11 Å². The molecule has 0 aromatic heterocycles. The van der Waals surface area contributed by atoms with Gasteiger partial charge in [0.05, 0.1) is 7.11 Å². The van der Waals surface area contributed by atoms with E-state index in [9.17, 15) is 0 Å². The molecule has 0 saturated heterocycles. The van der Waals surface area contributed by atoms with Gasteiger partial charge in [-0.2, -0.15) is 0 Å². The van der Waals surface area contributed by atoms with Gasteiger partial charge in [-0.25, -0.2) is 0 Å². The highest BCUT2D eigenvalue weighted by atomic mass is 16.5. The van der Waals surface area contributed by atoms with E-state index in [0.717, 1.165) is 23.1 Å². The molecule has 0 bridgehead atoms. The first-order valence-electron chi connectivity index (χ1n) is 5.60. The lowest BCUT2D eigenvalue weighted by atomic mass is 10.1. The Labute approximate surface area is 101 Å². The van der Waals surface area contributed by atoms with Crippen molar-refractivity contribution in [1.82, 2.24) is 0 Å². The Morgan fingerprint density at radius 1 is 1.12 bits per heavy atom. The second-order valence-electron chi connectivity index (χ2n) is 3.77. The molecule has 0 spiro atoms. The van der Waals surface area contributed by atoms with Gasteiger partial charge in [-0.05, 0) is 35.0 Å². The molecule has 0 heterocycles. The predicted octanol–water partition coefficient (Wildman–Crippen LogP) is 2.55. The van der Waals surface area contributed by atoms with Crippen LogP contribution in [0, 0.1) is 11.8 Å². The van der Waals surface area contributed by atoms with Crippen LogP contribution in [-0.4, -0.2) is 13.7 Å². The summed E-state index contributed by atoms with van der Waals surface area (Å²) in [5, 5.41) is 2.33. The van der Waals surface area contributed by atoms with Crippen LogP contribution in [-0.2, 0) is 0 Å².